The molecule has 5 nitrogen and oxygen atoms in total. The molecule has 2 rings (SSSR count). The number of rotatable bonds is 5. The van der Waals surface area contributed by atoms with E-state index in [0.29, 0.717) is 5.56 Å². The normalized spacial score (nSPS) is 11.4. The van der Waals surface area contributed by atoms with Crippen LogP contribution in [0.3, 0.4) is 0 Å². The Kier molecular flexibility index (Phi) is 4.86. The zero-order chi connectivity index (χ0) is 15.1. The maximum Gasteiger partial charge on any atom is 0.266 e. The van der Waals surface area contributed by atoms with E-state index in [-0.39, 0.29) is 0 Å². The van der Waals surface area contributed by atoms with Gasteiger partial charge in [-0.25, -0.2) is 8.42 Å². The highest BCUT2D eigenvalue weighted by molar-refractivity contribution is 7.92. The third kappa shape index (κ3) is 4.87. The van der Waals surface area contributed by atoms with Crippen molar-refractivity contribution in [3.05, 3.63) is 77.2 Å². The Hall–Kier alpha value is -2.44. The molecule has 0 heterocycles. The van der Waals surface area contributed by atoms with E-state index in [1.165, 1.54) is 6.08 Å². The maximum atomic E-state index is 11.7. The zero-order valence-electron chi connectivity index (χ0n) is 11.1. The number of nitrogens with one attached hydrogen (secondary N) is 2. The highest BCUT2D eigenvalue weighted by atomic mass is 32.2. The van der Waals surface area contributed by atoms with E-state index in [9.17, 15) is 13.2 Å². The fourth-order valence-electron chi connectivity index (χ4n) is 1.55. The van der Waals surface area contributed by atoms with E-state index in [1.807, 2.05) is 10.9 Å². The van der Waals surface area contributed by atoms with Crippen molar-refractivity contribution in [1.29, 1.82) is 0 Å². The molecular weight excluding hydrogens is 288 g/mol. The summed E-state index contributed by atoms with van der Waals surface area (Å²) in [7, 11) is -3.75. The average Bonchev–Trinajstić information content (AvgIpc) is 2.53. The van der Waals surface area contributed by atoms with Crippen LogP contribution >= 0.6 is 0 Å². The molecule has 21 heavy (non-hydrogen) atoms. The van der Waals surface area contributed by atoms with Gasteiger partial charge < -0.3 is 0 Å². The summed E-state index contributed by atoms with van der Waals surface area (Å²) < 4.78 is 23.5. The van der Waals surface area contributed by atoms with E-state index in [2.05, 4.69) is 5.43 Å². The summed E-state index contributed by atoms with van der Waals surface area (Å²) in [6.45, 7) is 0. The quantitative estimate of drug-likeness (QED) is 0.829. The third-order valence-electron chi connectivity index (χ3n) is 2.58. The number of carbonyl (C=O) groups is 1. The molecule has 0 aliphatic carbocycles. The summed E-state index contributed by atoms with van der Waals surface area (Å²) in [5.41, 5.74) is 3.26. The summed E-state index contributed by atoms with van der Waals surface area (Å²) in [6.07, 6.45) is 1.44. The Balaban J connectivity index is 1.96. The molecule has 6 heteroatoms. The van der Waals surface area contributed by atoms with Crippen molar-refractivity contribution in [3.8, 4) is 0 Å². The number of sulfonamides is 1. The molecule has 0 saturated carbocycles. The lowest BCUT2D eigenvalue weighted by Crippen LogP contribution is -2.40. The topological polar surface area (TPSA) is 75.3 Å². The van der Waals surface area contributed by atoms with Crippen molar-refractivity contribution in [2.24, 2.45) is 0 Å². The van der Waals surface area contributed by atoms with Crippen LogP contribution in [0.25, 0.3) is 6.08 Å². The first-order valence-corrected chi connectivity index (χ1v) is 7.72. The van der Waals surface area contributed by atoms with Gasteiger partial charge in [-0.2, -0.15) is 0 Å². The Labute approximate surface area is 123 Å². The Bertz CT molecular complexity index is 726. The molecule has 1 amide bonds. The third-order valence-corrected chi connectivity index (χ3v) is 3.46. The standard InChI is InChI=1S/C15H14N2O3S/c18-15(14-9-5-2-6-10-14)16-17-21(19,20)12-11-13-7-3-1-4-8-13/h1-12,17H,(H,16,18). The Morgan fingerprint density at radius 2 is 1.48 bits per heavy atom. The first-order valence-electron chi connectivity index (χ1n) is 6.17. The van der Waals surface area contributed by atoms with Gasteiger partial charge in [-0.1, -0.05) is 48.5 Å². The summed E-state index contributed by atoms with van der Waals surface area (Å²) in [5.74, 6) is -0.521. The number of hydrogen-bond donors (Lipinski definition) is 2. The van der Waals surface area contributed by atoms with Crippen LogP contribution in [-0.2, 0) is 10.0 Å². The van der Waals surface area contributed by atoms with Gasteiger partial charge in [-0.3, -0.25) is 10.2 Å². The second-order valence-electron chi connectivity index (χ2n) is 4.18. The van der Waals surface area contributed by atoms with Gasteiger partial charge in [0.15, 0.2) is 0 Å². The van der Waals surface area contributed by atoms with E-state index in [1.54, 1.807) is 54.6 Å². The Morgan fingerprint density at radius 1 is 0.905 bits per heavy atom. The molecule has 2 aromatic rings. The van der Waals surface area contributed by atoms with Crippen LogP contribution in [-0.4, -0.2) is 14.3 Å². The lowest BCUT2D eigenvalue weighted by atomic mass is 10.2. The van der Waals surface area contributed by atoms with Crippen molar-refractivity contribution in [1.82, 2.24) is 10.3 Å². The van der Waals surface area contributed by atoms with Crippen LogP contribution in [0.1, 0.15) is 15.9 Å². The molecule has 2 aromatic carbocycles. The number of hydrazine groups is 1. The first-order chi connectivity index (χ1) is 10.1. The molecule has 0 aliphatic heterocycles. The highest BCUT2D eigenvalue weighted by Crippen LogP contribution is 2.02. The summed E-state index contributed by atoms with van der Waals surface area (Å²) in [4.78, 5) is 13.7. The predicted octanol–water partition coefficient (Wildman–Crippen LogP) is 1.92. The smallest absolute Gasteiger partial charge is 0.266 e. The lowest BCUT2D eigenvalue weighted by molar-refractivity contribution is 0.0945. The molecular formula is C15H14N2O3S. The number of hydrogen-bond acceptors (Lipinski definition) is 3. The maximum absolute atomic E-state index is 11.7. The molecule has 0 unspecified atom stereocenters. The minimum atomic E-state index is -3.75. The van der Waals surface area contributed by atoms with Crippen LogP contribution in [0.15, 0.2) is 66.1 Å². The number of amides is 1. The molecule has 2 N–H and O–H groups in total. The van der Waals surface area contributed by atoms with Crippen LogP contribution < -0.4 is 10.3 Å². The molecule has 0 saturated heterocycles. The molecule has 0 spiro atoms. The average molecular weight is 302 g/mol. The summed E-state index contributed by atoms with van der Waals surface area (Å²) in [6, 6.07) is 17.3. The molecule has 0 aromatic heterocycles. The van der Waals surface area contributed by atoms with Gasteiger partial charge in [0.05, 0.1) is 0 Å². The minimum Gasteiger partial charge on any atom is -0.274 e. The molecule has 0 radical (unpaired) electrons. The van der Waals surface area contributed by atoms with Crippen LogP contribution in [0.2, 0.25) is 0 Å². The van der Waals surface area contributed by atoms with Gasteiger partial charge in [0.2, 0.25) is 0 Å². The van der Waals surface area contributed by atoms with Crippen molar-refractivity contribution >= 4 is 22.0 Å². The number of carbonyl (C=O) groups excluding carboxylic acids is 1. The van der Waals surface area contributed by atoms with Crippen LogP contribution in [0, 0.1) is 0 Å². The second kappa shape index (κ2) is 6.83. The van der Waals surface area contributed by atoms with Gasteiger partial charge in [0, 0.05) is 11.0 Å². The van der Waals surface area contributed by atoms with E-state index >= 15 is 0 Å². The Morgan fingerprint density at radius 3 is 2.10 bits per heavy atom. The van der Waals surface area contributed by atoms with E-state index in [0.717, 1.165) is 11.0 Å². The molecule has 0 aliphatic rings. The molecule has 0 bridgehead atoms. The van der Waals surface area contributed by atoms with Gasteiger partial charge in [-0.05, 0) is 23.8 Å². The van der Waals surface area contributed by atoms with E-state index in [4.69, 9.17) is 0 Å². The molecule has 0 fully saturated rings. The van der Waals surface area contributed by atoms with Gasteiger partial charge in [0.25, 0.3) is 15.9 Å². The fourth-order valence-corrected chi connectivity index (χ4v) is 2.18. The lowest BCUT2D eigenvalue weighted by Gasteiger charge is -2.05. The number of benzene rings is 2. The predicted molar refractivity (Wildman–Crippen MR) is 81.4 cm³/mol. The monoisotopic (exact) mass is 302 g/mol. The van der Waals surface area contributed by atoms with Crippen molar-refractivity contribution in [3.63, 3.8) is 0 Å². The summed E-state index contributed by atoms with van der Waals surface area (Å²) in [5, 5.41) is 0.994. The molecule has 108 valence electrons. The van der Waals surface area contributed by atoms with Gasteiger partial charge in [0.1, 0.15) is 0 Å². The zero-order valence-corrected chi connectivity index (χ0v) is 11.9. The first kappa shape index (κ1) is 15.0. The second-order valence-corrected chi connectivity index (χ2v) is 5.75. The highest BCUT2D eigenvalue weighted by Gasteiger charge is 2.09. The SMILES string of the molecule is O=C(NNS(=O)(=O)C=Cc1ccccc1)c1ccccc1. The van der Waals surface area contributed by atoms with Gasteiger partial charge >= 0.3 is 0 Å². The van der Waals surface area contributed by atoms with Crippen LogP contribution in [0.5, 0.6) is 0 Å². The summed E-state index contributed by atoms with van der Waals surface area (Å²) >= 11 is 0. The van der Waals surface area contributed by atoms with Crippen LogP contribution in [0.4, 0.5) is 0 Å². The fraction of sp³-hybridized carbons (Fsp3) is 0. The minimum absolute atomic E-state index is 0.368. The van der Waals surface area contributed by atoms with Crippen molar-refractivity contribution < 1.29 is 13.2 Å². The van der Waals surface area contributed by atoms with E-state index < -0.39 is 15.9 Å². The van der Waals surface area contributed by atoms with Crippen molar-refractivity contribution in [2.45, 2.75) is 0 Å². The van der Waals surface area contributed by atoms with Gasteiger partial charge in [-0.15, -0.1) is 4.83 Å². The van der Waals surface area contributed by atoms with Crippen molar-refractivity contribution in [2.75, 3.05) is 0 Å². The molecule has 0 atom stereocenters. The largest absolute Gasteiger partial charge is 0.274 e.